The number of nitrogens with zero attached hydrogens (tertiary/aromatic N) is 5. The minimum atomic E-state index is -2.78. The maximum Gasteiger partial charge on any atom is 0.314 e. The summed E-state index contributed by atoms with van der Waals surface area (Å²) >= 11 is 0. The highest BCUT2D eigenvalue weighted by Crippen LogP contribution is 2.25. The number of hydrogen-bond donors (Lipinski definition) is 0. The lowest BCUT2D eigenvalue weighted by Gasteiger charge is -2.08. The first-order chi connectivity index (χ1) is 13.1. The van der Waals surface area contributed by atoms with Crippen molar-refractivity contribution in [2.75, 3.05) is 0 Å². The highest BCUT2D eigenvalue weighted by Gasteiger charge is 2.17. The fourth-order valence-electron chi connectivity index (χ4n) is 2.83. The Morgan fingerprint density at radius 2 is 1.67 bits per heavy atom. The summed E-state index contributed by atoms with van der Waals surface area (Å²) in [6.45, 7) is 2.45. The van der Waals surface area contributed by atoms with E-state index in [0.29, 0.717) is 12.1 Å². The molecule has 4 aromatic rings. The Hall–Kier alpha value is -3.42. The molecule has 0 amide bonds. The molecule has 2 aromatic heterocycles. The Morgan fingerprint density at radius 3 is 2.33 bits per heavy atom. The van der Waals surface area contributed by atoms with E-state index in [1.807, 2.05) is 54.1 Å². The van der Waals surface area contributed by atoms with Crippen LogP contribution in [0.15, 0.2) is 59.0 Å². The van der Waals surface area contributed by atoms with Gasteiger partial charge in [-0.3, -0.25) is 0 Å². The van der Waals surface area contributed by atoms with Crippen LogP contribution in [0.4, 0.5) is 8.78 Å². The molecule has 0 saturated heterocycles. The highest BCUT2D eigenvalue weighted by molar-refractivity contribution is 5.61. The third-order valence-electron chi connectivity index (χ3n) is 4.11. The van der Waals surface area contributed by atoms with Crippen molar-refractivity contribution in [1.82, 2.24) is 25.2 Å². The summed E-state index contributed by atoms with van der Waals surface area (Å²) in [6.07, 6.45) is -2.78. The van der Waals surface area contributed by atoms with Crippen molar-refractivity contribution in [3.63, 3.8) is 0 Å². The summed E-state index contributed by atoms with van der Waals surface area (Å²) in [5, 5.41) is 15.4. The summed E-state index contributed by atoms with van der Waals surface area (Å²) in [7, 11) is 0. The molecule has 27 heavy (non-hydrogen) atoms. The van der Waals surface area contributed by atoms with Crippen LogP contribution in [0.2, 0.25) is 0 Å². The van der Waals surface area contributed by atoms with Gasteiger partial charge in [-0.1, -0.05) is 47.7 Å². The molecule has 0 aliphatic heterocycles. The smallest absolute Gasteiger partial charge is 0.314 e. The molecule has 0 radical (unpaired) electrons. The molecule has 0 spiro atoms. The van der Waals surface area contributed by atoms with Crippen LogP contribution in [0.3, 0.4) is 0 Å². The van der Waals surface area contributed by atoms with E-state index in [-0.39, 0.29) is 5.89 Å². The molecular weight excluding hydrogens is 352 g/mol. The lowest BCUT2D eigenvalue weighted by Crippen LogP contribution is -2.04. The minimum Gasteiger partial charge on any atom is -0.415 e. The summed E-state index contributed by atoms with van der Waals surface area (Å²) in [5.74, 6) is -0.613. The summed E-state index contributed by atoms with van der Waals surface area (Å²) < 4.78 is 31.9. The maximum atomic E-state index is 12.6. The topological polar surface area (TPSA) is 69.6 Å². The molecule has 0 aliphatic rings. The second-order valence-electron chi connectivity index (χ2n) is 5.99. The molecule has 0 aliphatic carbocycles. The Balaban J connectivity index is 1.58. The van der Waals surface area contributed by atoms with Crippen molar-refractivity contribution in [1.29, 1.82) is 0 Å². The summed E-state index contributed by atoms with van der Waals surface area (Å²) in [5.41, 5.74) is 4.41. The number of aromatic nitrogens is 5. The van der Waals surface area contributed by atoms with Crippen LogP contribution < -0.4 is 0 Å². The Morgan fingerprint density at radius 1 is 0.926 bits per heavy atom. The number of rotatable bonds is 5. The molecule has 6 nitrogen and oxygen atoms in total. The quantitative estimate of drug-likeness (QED) is 0.526. The summed E-state index contributed by atoms with van der Waals surface area (Å²) in [6, 6.07) is 17.2. The Labute approximate surface area is 153 Å². The predicted octanol–water partition coefficient (Wildman–Crippen LogP) is 4.29. The third-order valence-corrected chi connectivity index (χ3v) is 4.11. The number of alkyl halides is 2. The van der Waals surface area contributed by atoms with Crippen molar-refractivity contribution in [3.05, 3.63) is 71.7 Å². The van der Waals surface area contributed by atoms with Crippen molar-refractivity contribution in [3.8, 4) is 22.7 Å². The van der Waals surface area contributed by atoms with Gasteiger partial charge in [-0.25, -0.2) is 4.68 Å². The van der Waals surface area contributed by atoms with Crippen LogP contribution in [0, 0.1) is 6.92 Å². The van der Waals surface area contributed by atoms with Crippen LogP contribution in [-0.2, 0) is 6.54 Å². The lowest BCUT2D eigenvalue weighted by molar-refractivity contribution is 0.116. The molecule has 0 fully saturated rings. The molecule has 2 aromatic carbocycles. The Bertz CT molecular complexity index is 1040. The van der Waals surface area contributed by atoms with Gasteiger partial charge in [0.05, 0.1) is 17.9 Å². The van der Waals surface area contributed by atoms with Crippen LogP contribution in [-0.4, -0.2) is 25.2 Å². The number of aryl methyl sites for hydroxylation is 1. The van der Waals surface area contributed by atoms with Gasteiger partial charge in [-0.05, 0) is 24.6 Å². The fraction of sp³-hybridized carbons (Fsp3) is 0.158. The van der Waals surface area contributed by atoms with Crippen LogP contribution >= 0.6 is 0 Å². The standard InChI is InChI=1S/C19H15F2N5O/c1-12-16(14-5-3-2-4-6-14)26(25-22-12)11-13-7-9-15(10-8-13)18-23-24-19(27-18)17(20)21/h2-10,17H,11H2,1H3. The van der Waals surface area contributed by atoms with Crippen molar-refractivity contribution in [2.45, 2.75) is 19.9 Å². The zero-order chi connectivity index (χ0) is 18.8. The average molecular weight is 367 g/mol. The molecular formula is C19H15F2N5O. The first-order valence-corrected chi connectivity index (χ1v) is 8.28. The number of halogens is 2. The molecule has 0 saturated carbocycles. The number of benzene rings is 2. The van der Waals surface area contributed by atoms with Crippen molar-refractivity contribution in [2.24, 2.45) is 0 Å². The zero-order valence-corrected chi connectivity index (χ0v) is 14.4. The van der Waals surface area contributed by atoms with Gasteiger partial charge in [-0.2, -0.15) is 8.78 Å². The van der Waals surface area contributed by atoms with Crippen LogP contribution in [0.5, 0.6) is 0 Å². The first kappa shape index (κ1) is 17.0. The van der Waals surface area contributed by atoms with Crippen LogP contribution in [0.25, 0.3) is 22.7 Å². The van der Waals surface area contributed by atoms with Crippen molar-refractivity contribution < 1.29 is 13.2 Å². The van der Waals surface area contributed by atoms with Gasteiger partial charge >= 0.3 is 6.43 Å². The van der Waals surface area contributed by atoms with Gasteiger partial charge in [0.15, 0.2) is 0 Å². The van der Waals surface area contributed by atoms with Gasteiger partial charge in [0.25, 0.3) is 5.89 Å². The van der Waals surface area contributed by atoms with E-state index >= 15 is 0 Å². The van der Waals surface area contributed by atoms with E-state index in [1.165, 1.54) is 0 Å². The van der Waals surface area contributed by atoms with Gasteiger partial charge < -0.3 is 4.42 Å². The second kappa shape index (κ2) is 7.06. The van der Waals surface area contributed by atoms with E-state index in [9.17, 15) is 8.78 Å². The SMILES string of the molecule is Cc1nnn(Cc2ccc(-c3nnc(C(F)F)o3)cc2)c1-c1ccccc1. The molecule has 0 unspecified atom stereocenters. The normalized spacial score (nSPS) is 11.3. The lowest BCUT2D eigenvalue weighted by atomic mass is 10.1. The van der Waals surface area contributed by atoms with Crippen LogP contribution in [0.1, 0.15) is 23.6 Å². The molecule has 0 bridgehead atoms. The average Bonchev–Trinajstić information content (AvgIpc) is 3.31. The largest absolute Gasteiger partial charge is 0.415 e. The minimum absolute atomic E-state index is 0.0680. The monoisotopic (exact) mass is 367 g/mol. The van der Waals surface area contributed by atoms with E-state index in [4.69, 9.17) is 4.42 Å². The third kappa shape index (κ3) is 3.46. The van der Waals surface area contributed by atoms with E-state index in [0.717, 1.165) is 22.5 Å². The van der Waals surface area contributed by atoms with Gasteiger partial charge in [0, 0.05) is 11.1 Å². The van der Waals surface area contributed by atoms with E-state index in [2.05, 4.69) is 20.5 Å². The Kier molecular flexibility index (Phi) is 4.45. The molecule has 8 heteroatoms. The zero-order valence-electron chi connectivity index (χ0n) is 14.4. The molecule has 0 N–H and O–H groups in total. The number of hydrogen-bond acceptors (Lipinski definition) is 5. The van der Waals surface area contributed by atoms with E-state index < -0.39 is 12.3 Å². The maximum absolute atomic E-state index is 12.6. The first-order valence-electron chi connectivity index (χ1n) is 8.28. The predicted molar refractivity (Wildman–Crippen MR) is 94.0 cm³/mol. The van der Waals surface area contributed by atoms with Gasteiger partial charge in [-0.15, -0.1) is 15.3 Å². The van der Waals surface area contributed by atoms with Crippen molar-refractivity contribution >= 4 is 0 Å². The molecule has 4 rings (SSSR count). The summed E-state index contributed by atoms with van der Waals surface area (Å²) in [4.78, 5) is 0. The molecule has 0 atom stereocenters. The highest BCUT2D eigenvalue weighted by atomic mass is 19.3. The van der Waals surface area contributed by atoms with E-state index in [1.54, 1.807) is 12.1 Å². The van der Waals surface area contributed by atoms with Gasteiger partial charge in [0.1, 0.15) is 0 Å². The van der Waals surface area contributed by atoms with Gasteiger partial charge in [0.2, 0.25) is 5.89 Å². The molecule has 2 heterocycles. The molecule has 136 valence electrons. The fourth-order valence-corrected chi connectivity index (χ4v) is 2.83. The second-order valence-corrected chi connectivity index (χ2v) is 5.99.